The maximum atomic E-state index is 12.2. The highest BCUT2D eigenvalue weighted by Gasteiger charge is 2.20. The number of likely N-dealkylation sites (tertiary alicyclic amines) is 1. The lowest BCUT2D eigenvalue weighted by Crippen LogP contribution is -2.43. The van der Waals surface area contributed by atoms with Crippen LogP contribution in [0.4, 0.5) is 0 Å². The lowest BCUT2D eigenvalue weighted by Gasteiger charge is -2.29. The van der Waals surface area contributed by atoms with E-state index in [1.54, 1.807) is 0 Å². The summed E-state index contributed by atoms with van der Waals surface area (Å²) in [6.07, 6.45) is 2.01. The first-order chi connectivity index (χ1) is 9.60. The Morgan fingerprint density at radius 2 is 2.25 bits per heavy atom. The molecule has 2 heterocycles. The molecule has 20 heavy (non-hydrogen) atoms. The van der Waals surface area contributed by atoms with E-state index in [4.69, 9.17) is 5.11 Å². The van der Waals surface area contributed by atoms with Crippen LogP contribution < -0.4 is 5.32 Å². The van der Waals surface area contributed by atoms with E-state index in [1.165, 1.54) is 11.3 Å². The number of nitrogens with one attached hydrogen (secondary N) is 1. The van der Waals surface area contributed by atoms with Gasteiger partial charge < -0.3 is 15.3 Å². The maximum Gasteiger partial charge on any atom is 0.261 e. The quantitative estimate of drug-likeness (QED) is 0.806. The van der Waals surface area contributed by atoms with Crippen molar-refractivity contribution in [2.24, 2.45) is 0 Å². The Labute approximate surface area is 123 Å². The van der Waals surface area contributed by atoms with Crippen LogP contribution in [-0.2, 0) is 0 Å². The van der Waals surface area contributed by atoms with E-state index < -0.39 is 0 Å². The van der Waals surface area contributed by atoms with Gasteiger partial charge in [-0.25, -0.2) is 0 Å². The fourth-order valence-electron chi connectivity index (χ4n) is 2.25. The third-order valence-corrected chi connectivity index (χ3v) is 4.63. The van der Waals surface area contributed by atoms with Crippen LogP contribution in [0, 0.1) is 18.8 Å². The van der Waals surface area contributed by atoms with Gasteiger partial charge >= 0.3 is 0 Å². The van der Waals surface area contributed by atoms with Crippen molar-refractivity contribution in [2.45, 2.75) is 25.8 Å². The third kappa shape index (κ3) is 3.83. The molecule has 0 aromatic carbocycles. The van der Waals surface area contributed by atoms with Crippen LogP contribution in [0.15, 0.2) is 6.07 Å². The molecule has 0 bridgehead atoms. The molecule has 0 aliphatic carbocycles. The van der Waals surface area contributed by atoms with Crippen LogP contribution in [0.2, 0.25) is 0 Å². The second kappa shape index (κ2) is 6.89. The monoisotopic (exact) mass is 292 g/mol. The number of nitrogens with zero attached hydrogens (tertiary/aromatic N) is 1. The Kier molecular flexibility index (Phi) is 5.18. The van der Waals surface area contributed by atoms with E-state index in [-0.39, 0.29) is 18.6 Å². The lowest BCUT2D eigenvalue weighted by molar-refractivity contribution is 0.0921. The van der Waals surface area contributed by atoms with Gasteiger partial charge in [-0.1, -0.05) is 11.8 Å². The number of aryl methyl sites for hydroxylation is 1. The number of carbonyl (C=O) groups is 1. The average molecular weight is 292 g/mol. The number of piperidine rings is 1. The lowest BCUT2D eigenvalue weighted by atomic mass is 10.1. The largest absolute Gasteiger partial charge is 0.384 e. The zero-order valence-electron chi connectivity index (χ0n) is 11.9. The number of amides is 1. The van der Waals surface area contributed by atoms with Gasteiger partial charge in [-0.05, 0) is 51.5 Å². The molecule has 1 aromatic rings. The first kappa shape index (κ1) is 15.0. The molecular formula is C15H20N2O2S. The summed E-state index contributed by atoms with van der Waals surface area (Å²) < 4.78 is 0. The smallest absolute Gasteiger partial charge is 0.261 e. The van der Waals surface area contributed by atoms with Crippen molar-refractivity contribution in [1.82, 2.24) is 10.2 Å². The highest BCUT2D eigenvalue weighted by atomic mass is 32.1. The van der Waals surface area contributed by atoms with Gasteiger partial charge in [-0.2, -0.15) is 0 Å². The van der Waals surface area contributed by atoms with Crippen molar-refractivity contribution in [3.63, 3.8) is 0 Å². The zero-order valence-corrected chi connectivity index (χ0v) is 12.7. The minimum absolute atomic E-state index is 0.00954. The van der Waals surface area contributed by atoms with E-state index >= 15 is 0 Å². The second-order valence-corrected chi connectivity index (χ2v) is 6.19. The minimum Gasteiger partial charge on any atom is -0.384 e. The first-order valence-corrected chi connectivity index (χ1v) is 7.61. The van der Waals surface area contributed by atoms with Gasteiger partial charge in [0, 0.05) is 6.04 Å². The summed E-state index contributed by atoms with van der Waals surface area (Å²) in [5, 5.41) is 11.8. The summed E-state index contributed by atoms with van der Waals surface area (Å²) in [5.41, 5.74) is 0.990. The van der Waals surface area contributed by atoms with Gasteiger partial charge in [0.15, 0.2) is 0 Å². The molecule has 1 saturated heterocycles. The Balaban J connectivity index is 1.99. The molecule has 0 spiro atoms. The zero-order chi connectivity index (χ0) is 14.5. The number of rotatable bonds is 2. The van der Waals surface area contributed by atoms with Crippen molar-refractivity contribution in [1.29, 1.82) is 0 Å². The molecule has 1 amide bonds. The number of hydrogen-bond acceptors (Lipinski definition) is 4. The van der Waals surface area contributed by atoms with Crippen molar-refractivity contribution in [3.8, 4) is 11.8 Å². The molecule has 5 heteroatoms. The number of hydrogen-bond donors (Lipinski definition) is 2. The van der Waals surface area contributed by atoms with Gasteiger partial charge in [0.25, 0.3) is 5.91 Å². The van der Waals surface area contributed by atoms with E-state index in [0.717, 1.165) is 36.4 Å². The molecule has 0 radical (unpaired) electrons. The maximum absolute atomic E-state index is 12.2. The summed E-state index contributed by atoms with van der Waals surface area (Å²) in [4.78, 5) is 16.1. The molecule has 2 rings (SSSR count). The third-order valence-electron chi connectivity index (χ3n) is 3.48. The van der Waals surface area contributed by atoms with Crippen LogP contribution in [0.3, 0.4) is 0 Å². The van der Waals surface area contributed by atoms with Crippen LogP contribution in [0.5, 0.6) is 0 Å². The van der Waals surface area contributed by atoms with E-state index in [2.05, 4.69) is 29.1 Å². The van der Waals surface area contributed by atoms with Crippen LogP contribution in [0.1, 0.15) is 33.0 Å². The molecule has 1 aliphatic rings. The van der Waals surface area contributed by atoms with E-state index in [1.807, 2.05) is 13.0 Å². The highest BCUT2D eigenvalue weighted by Crippen LogP contribution is 2.21. The second-order valence-electron chi connectivity index (χ2n) is 5.13. The Hall–Kier alpha value is -1.35. The summed E-state index contributed by atoms with van der Waals surface area (Å²) in [5.74, 6) is 5.49. The van der Waals surface area contributed by atoms with Crippen molar-refractivity contribution >= 4 is 17.2 Å². The number of aliphatic hydroxyl groups is 1. The molecule has 108 valence electrons. The van der Waals surface area contributed by atoms with Gasteiger partial charge in [0.05, 0.1) is 9.75 Å². The van der Waals surface area contributed by atoms with E-state index in [9.17, 15) is 4.79 Å². The standard InChI is InChI=1S/C15H20N2O2S/c1-11-10-14(20-13(11)4-3-9-18)15(19)16-12-5-7-17(2)8-6-12/h10,12,18H,5-9H2,1-2H3,(H,16,19). The predicted molar refractivity (Wildman–Crippen MR) is 81.0 cm³/mol. The number of aliphatic hydroxyl groups excluding tert-OH is 1. The normalized spacial score (nSPS) is 16.6. The molecule has 0 unspecified atom stereocenters. The van der Waals surface area contributed by atoms with Crippen molar-refractivity contribution < 1.29 is 9.90 Å². The Morgan fingerprint density at radius 1 is 1.55 bits per heavy atom. The molecule has 2 N–H and O–H groups in total. The Morgan fingerprint density at radius 3 is 2.90 bits per heavy atom. The molecular weight excluding hydrogens is 272 g/mol. The summed E-state index contributed by atoms with van der Waals surface area (Å²) >= 11 is 1.39. The summed E-state index contributed by atoms with van der Waals surface area (Å²) in [6.45, 7) is 3.84. The molecule has 1 aromatic heterocycles. The van der Waals surface area contributed by atoms with E-state index in [0.29, 0.717) is 4.88 Å². The van der Waals surface area contributed by atoms with Crippen LogP contribution >= 0.6 is 11.3 Å². The predicted octanol–water partition coefficient (Wildman–Crippen LogP) is 1.22. The van der Waals surface area contributed by atoms with Crippen molar-refractivity contribution in [2.75, 3.05) is 26.7 Å². The Bertz CT molecular complexity index is 534. The summed E-state index contributed by atoms with van der Waals surface area (Å²) in [6, 6.07) is 2.14. The van der Waals surface area contributed by atoms with Crippen LogP contribution in [0.25, 0.3) is 0 Å². The molecule has 1 aliphatic heterocycles. The number of carbonyl (C=O) groups excluding carboxylic acids is 1. The molecule has 1 fully saturated rings. The molecule has 4 nitrogen and oxygen atoms in total. The average Bonchev–Trinajstić information content (AvgIpc) is 2.80. The fraction of sp³-hybridized carbons (Fsp3) is 0.533. The molecule has 0 saturated carbocycles. The SMILES string of the molecule is Cc1cc(C(=O)NC2CCN(C)CC2)sc1C#CCO. The van der Waals surface area contributed by atoms with Crippen LogP contribution in [-0.4, -0.2) is 48.7 Å². The van der Waals surface area contributed by atoms with Gasteiger partial charge in [0.1, 0.15) is 6.61 Å². The van der Waals surface area contributed by atoms with Gasteiger partial charge in [-0.15, -0.1) is 11.3 Å². The fourth-order valence-corrected chi connectivity index (χ4v) is 3.20. The molecule has 0 atom stereocenters. The summed E-state index contributed by atoms with van der Waals surface area (Å²) in [7, 11) is 2.10. The van der Waals surface area contributed by atoms with Gasteiger partial charge in [-0.3, -0.25) is 4.79 Å². The topological polar surface area (TPSA) is 52.6 Å². The number of thiophene rings is 1. The first-order valence-electron chi connectivity index (χ1n) is 6.79. The van der Waals surface area contributed by atoms with Gasteiger partial charge in [0.2, 0.25) is 0 Å². The minimum atomic E-state index is -0.158. The highest BCUT2D eigenvalue weighted by molar-refractivity contribution is 7.14. The van der Waals surface area contributed by atoms with Crippen molar-refractivity contribution in [3.05, 3.63) is 21.4 Å².